The first kappa shape index (κ1) is 24.1. The van der Waals surface area contributed by atoms with Gasteiger partial charge >= 0.3 is 0 Å². The van der Waals surface area contributed by atoms with E-state index in [0.717, 1.165) is 11.1 Å². The SMILES string of the molecule is C[C@@H](C(=O)c1ccc(F)cc1)N(C)C(=O)c1ccc(-c2cnc3ccc(-c4cnn(C)c4)cn23)cc1F. The molecule has 0 fully saturated rings. The highest BCUT2D eigenvalue weighted by Gasteiger charge is 2.26. The number of pyridine rings is 1. The molecule has 1 amide bonds. The summed E-state index contributed by atoms with van der Waals surface area (Å²) in [5.74, 6) is -2.18. The summed E-state index contributed by atoms with van der Waals surface area (Å²) in [6.45, 7) is 1.55. The van der Waals surface area contributed by atoms with E-state index in [9.17, 15) is 14.0 Å². The van der Waals surface area contributed by atoms with Crippen molar-refractivity contribution in [2.24, 2.45) is 7.05 Å². The largest absolute Gasteiger partial charge is 0.331 e. The third-order valence-electron chi connectivity index (χ3n) is 6.45. The van der Waals surface area contributed by atoms with Gasteiger partial charge in [0.2, 0.25) is 0 Å². The number of Topliss-reactive ketones (excluding diaryl/α,β-unsaturated/α-hetero) is 1. The molecule has 0 radical (unpaired) electrons. The number of ketones is 1. The highest BCUT2D eigenvalue weighted by Crippen LogP contribution is 2.27. The van der Waals surface area contributed by atoms with Crippen molar-refractivity contribution in [1.29, 1.82) is 0 Å². The molecule has 0 spiro atoms. The lowest BCUT2D eigenvalue weighted by Gasteiger charge is -2.24. The molecule has 0 saturated heterocycles. The van der Waals surface area contributed by atoms with Gasteiger partial charge in [-0.25, -0.2) is 13.8 Å². The highest BCUT2D eigenvalue weighted by atomic mass is 19.1. The minimum Gasteiger partial charge on any atom is -0.331 e. The summed E-state index contributed by atoms with van der Waals surface area (Å²) in [4.78, 5) is 31.4. The third kappa shape index (κ3) is 4.51. The quantitative estimate of drug-likeness (QED) is 0.308. The number of rotatable bonds is 6. The Bertz CT molecular complexity index is 1640. The average molecular weight is 500 g/mol. The van der Waals surface area contributed by atoms with Crippen LogP contribution in [0.2, 0.25) is 0 Å². The molecule has 5 rings (SSSR count). The van der Waals surface area contributed by atoms with Crippen LogP contribution in [0.3, 0.4) is 0 Å². The number of aryl methyl sites for hydroxylation is 1. The van der Waals surface area contributed by atoms with Gasteiger partial charge < -0.3 is 4.90 Å². The zero-order valence-corrected chi connectivity index (χ0v) is 20.4. The van der Waals surface area contributed by atoms with Crippen molar-refractivity contribution in [2.45, 2.75) is 13.0 Å². The summed E-state index contributed by atoms with van der Waals surface area (Å²) in [7, 11) is 3.28. The second-order valence-electron chi connectivity index (χ2n) is 8.85. The molecule has 0 aliphatic rings. The molecule has 5 aromatic rings. The monoisotopic (exact) mass is 499 g/mol. The van der Waals surface area contributed by atoms with Crippen molar-refractivity contribution in [3.8, 4) is 22.4 Å². The van der Waals surface area contributed by atoms with Gasteiger partial charge in [0.05, 0.1) is 29.7 Å². The summed E-state index contributed by atoms with van der Waals surface area (Å²) in [5, 5.41) is 4.21. The van der Waals surface area contributed by atoms with E-state index in [1.165, 1.54) is 48.3 Å². The van der Waals surface area contributed by atoms with E-state index in [4.69, 9.17) is 0 Å². The fraction of sp³-hybridized carbons (Fsp3) is 0.143. The average Bonchev–Trinajstić information content (AvgIpc) is 3.53. The number of aromatic nitrogens is 4. The van der Waals surface area contributed by atoms with Gasteiger partial charge in [-0.2, -0.15) is 5.10 Å². The van der Waals surface area contributed by atoms with Crippen LogP contribution in [-0.2, 0) is 7.05 Å². The number of hydrogen-bond acceptors (Lipinski definition) is 4. The fourth-order valence-electron chi connectivity index (χ4n) is 4.18. The van der Waals surface area contributed by atoms with E-state index in [2.05, 4.69) is 10.1 Å². The zero-order chi connectivity index (χ0) is 26.3. The van der Waals surface area contributed by atoms with Crippen LogP contribution in [0.25, 0.3) is 28.0 Å². The molecule has 9 heteroatoms. The molecule has 0 bridgehead atoms. The smallest absolute Gasteiger partial charge is 0.257 e. The first-order valence-corrected chi connectivity index (χ1v) is 11.6. The molecule has 7 nitrogen and oxygen atoms in total. The lowest BCUT2D eigenvalue weighted by Crippen LogP contribution is -2.40. The van der Waals surface area contributed by atoms with Crippen LogP contribution in [0, 0.1) is 11.6 Å². The lowest BCUT2D eigenvalue weighted by atomic mass is 10.0. The second kappa shape index (κ2) is 9.42. The molecular weight excluding hydrogens is 476 g/mol. The maximum atomic E-state index is 15.2. The van der Waals surface area contributed by atoms with Crippen LogP contribution in [0.15, 0.2) is 79.4 Å². The minimum absolute atomic E-state index is 0.158. The molecule has 3 aromatic heterocycles. The summed E-state index contributed by atoms with van der Waals surface area (Å²) in [6, 6.07) is 12.4. The molecule has 0 aliphatic heterocycles. The van der Waals surface area contributed by atoms with Crippen LogP contribution in [0.5, 0.6) is 0 Å². The fourth-order valence-corrected chi connectivity index (χ4v) is 4.18. The van der Waals surface area contributed by atoms with E-state index in [0.29, 0.717) is 16.9 Å². The third-order valence-corrected chi connectivity index (χ3v) is 6.45. The number of amides is 1. The number of carbonyl (C=O) groups is 2. The summed E-state index contributed by atoms with van der Waals surface area (Å²) < 4.78 is 32.0. The highest BCUT2D eigenvalue weighted by molar-refractivity contribution is 6.04. The van der Waals surface area contributed by atoms with E-state index in [1.807, 2.05) is 36.0 Å². The summed E-state index contributed by atoms with van der Waals surface area (Å²) in [5.41, 5.74) is 3.86. The van der Waals surface area contributed by atoms with Crippen molar-refractivity contribution in [3.05, 3.63) is 102 Å². The number of imidazole rings is 1. The number of nitrogens with zero attached hydrogens (tertiary/aromatic N) is 5. The Balaban J connectivity index is 1.41. The predicted octanol–water partition coefficient (Wildman–Crippen LogP) is 5.02. The molecule has 0 unspecified atom stereocenters. The van der Waals surface area contributed by atoms with E-state index in [1.54, 1.807) is 30.1 Å². The maximum absolute atomic E-state index is 15.2. The van der Waals surface area contributed by atoms with Crippen LogP contribution in [0.1, 0.15) is 27.6 Å². The number of likely N-dealkylation sites (N-methyl/N-ethyl adjacent to an activating group) is 1. The molecule has 1 atom stereocenters. The van der Waals surface area contributed by atoms with E-state index < -0.39 is 23.6 Å². The van der Waals surface area contributed by atoms with Gasteiger partial charge in [-0.15, -0.1) is 0 Å². The first-order valence-electron chi connectivity index (χ1n) is 11.6. The Morgan fingerprint density at radius 2 is 1.65 bits per heavy atom. The molecule has 0 N–H and O–H groups in total. The van der Waals surface area contributed by atoms with Crippen LogP contribution < -0.4 is 0 Å². The standard InChI is InChI=1S/C28H23F2N5O2/c1-17(27(36)18-4-8-22(29)9-5-18)34(3)28(37)23-10-6-19(12-24(23)30)25-14-31-26-11-7-20(16-35(25)26)21-13-32-33(2)15-21/h4-17H,1-3H3/t17-/m0/s1. The molecule has 2 aromatic carbocycles. The van der Waals surface area contributed by atoms with Crippen molar-refractivity contribution in [2.75, 3.05) is 7.05 Å². The van der Waals surface area contributed by atoms with Crippen LogP contribution >= 0.6 is 0 Å². The second-order valence-corrected chi connectivity index (χ2v) is 8.85. The van der Waals surface area contributed by atoms with Gasteiger partial charge in [-0.1, -0.05) is 6.07 Å². The van der Waals surface area contributed by atoms with Crippen molar-refractivity contribution in [3.63, 3.8) is 0 Å². The van der Waals surface area contributed by atoms with Crippen molar-refractivity contribution in [1.82, 2.24) is 24.1 Å². The minimum atomic E-state index is -0.873. The lowest BCUT2D eigenvalue weighted by molar-refractivity contribution is 0.0671. The summed E-state index contributed by atoms with van der Waals surface area (Å²) >= 11 is 0. The van der Waals surface area contributed by atoms with Crippen molar-refractivity contribution >= 4 is 17.3 Å². The Labute approximate surface area is 211 Å². The molecule has 0 aliphatic carbocycles. The topological polar surface area (TPSA) is 72.5 Å². The normalized spacial score (nSPS) is 12.0. The van der Waals surface area contributed by atoms with E-state index >= 15 is 4.39 Å². The maximum Gasteiger partial charge on any atom is 0.257 e. The molecule has 186 valence electrons. The Kier molecular flexibility index (Phi) is 6.12. The number of carbonyl (C=O) groups excluding carboxylic acids is 2. The zero-order valence-electron chi connectivity index (χ0n) is 20.4. The predicted molar refractivity (Wildman–Crippen MR) is 135 cm³/mol. The van der Waals surface area contributed by atoms with Crippen LogP contribution in [-0.4, -0.2) is 48.8 Å². The van der Waals surface area contributed by atoms with Crippen molar-refractivity contribution < 1.29 is 18.4 Å². The van der Waals surface area contributed by atoms with E-state index in [-0.39, 0.29) is 16.9 Å². The summed E-state index contributed by atoms with van der Waals surface area (Å²) in [6.07, 6.45) is 7.21. The Morgan fingerprint density at radius 1 is 0.919 bits per heavy atom. The number of hydrogen-bond donors (Lipinski definition) is 0. The van der Waals surface area contributed by atoms with Gasteiger partial charge in [0.25, 0.3) is 5.91 Å². The molecular formula is C28H23F2N5O2. The number of halogens is 2. The van der Waals surface area contributed by atoms with Gasteiger partial charge in [-0.05, 0) is 55.5 Å². The van der Waals surface area contributed by atoms with Gasteiger partial charge in [0.1, 0.15) is 17.3 Å². The molecule has 0 saturated carbocycles. The first-order chi connectivity index (χ1) is 17.7. The number of fused-ring (bicyclic) bond motifs is 1. The van der Waals surface area contributed by atoms with Gasteiger partial charge in [-0.3, -0.25) is 18.7 Å². The molecule has 3 heterocycles. The van der Waals surface area contributed by atoms with Gasteiger partial charge in [0, 0.05) is 48.7 Å². The Hall–Kier alpha value is -4.66. The Morgan fingerprint density at radius 3 is 2.32 bits per heavy atom. The number of benzene rings is 2. The van der Waals surface area contributed by atoms with Gasteiger partial charge in [0.15, 0.2) is 5.78 Å². The van der Waals surface area contributed by atoms with Crippen LogP contribution in [0.4, 0.5) is 8.78 Å². The molecule has 37 heavy (non-hydrogen) atoms.